The number of carboxylic acid groups (broad SMARTS) is 1. The zero-order valence-electron chi connectivity index (χ0n) is 10.4. The van der Waals surface area contributed by atoms with Gasteiger partial charge in [0.25, 0.3) is 0 Å². The monoisotopic (exact) mass is 301 g/mol. The first-order valence-electron chi connectivity index (χ1n) is 6.10. The number of nitrogens with zero attached hydrogens (tertiary/aromatic N) is 2. The van der Waals surface area contributed by atoms with E-state index in [9.17, 15) is 4.79 Å². The second-order valence-corrected chi connectivity index (χ2v) is 5.81. The molecule has 0 saturated carbocycles. The summed E-state index contributed by atoms with van der Waals surface area (Å²) in [6.07, 6.45) is 1.45. The van der Waals surface area contributed by atoms with Crippen LogP contribution in [0.5, 0.6) is 0 Å². The minimum absolute atomic E-state index is 0.0774. The zero-order chi connectivity index (χ0) is 13.7. The van der Waals surface area contributed by atoms with Crippen LogP contribution in [0.4, 0.5) is 5.82 Å². The third-order valence-corrected chi connectivity index (χ3v) is 4.27. The van der Waals surface area contributed by atoms with Gasteiger partial charge >= 0.3 is 5.97 Å². The lowest BCUT2D eigenvalue weighted by Crippen LogP contribution is -2.36. The number of nitrogens with one attached hydrogen (secondary N) is 1. The molecule has 7 heteroatoms. The van der Waals surface area contributed by atoms with Gasteiger partial charge in [0.05, 0.1) is 10.6 Å². The van der Waals surface area contributed by atoms with Crippen LogP contribution in [0.2, 0.25) is 5.02 Å². The fourth-order valence-electron chi connectivity index (χ4n) is 1.89. The van der Waals surface area contributed by atoms with Gasteiger partial charge in [-0.25, -0.2) is 9.78 Å². The molecule has 1 saturated heterocycles. The summed E-state index contributed by atoms with van der Waals surface area (Å²) >= 11 is 7.98. The van der Waals surface area contributed by atoms with Crippen LogP contribution >= 0.6 is 23.4 Å². The lowest BCUT2D eigenvalue weighted by molar-refractivity contribution is 0.0697. The first-order chi connectivity index (χ1) is 9.18. The number of halogens is 1. The summed E-state index contributed by atoms with van der Waals surface area (Å²) in [7, 11) is 0. The Labute approximate surface area is 121 Å². The first kappa shape index (κ1) is 14.4. The number of aromatic carboxylic acids is 1. The zero-order valence-corrected chi connectivity index (χ0v) is 12.0. The molecule has 19 heavy (non-hydrogen) atoms. The van der Waals surface area contributed by atoms with E-state index < -0.39 is 5.97 Å². The molecular weight excluding hydrogens is 286 g/mol. The van der Waals surface area contributed by atoms with Gasteiger partial charge in [0.1, 0.15) is 5.82 Å². The quantitative estimate of drug-likeness (QED) is 0.866. The van der Waals surface area contributed by atoms with Crippen LogP contribution in [0.1, 0.15) is 10.4 Å². The average molecular weight is 302 g/mol. The van der Waals surface area contributed by atoms with Crippen molar-refractivity contribution < 1.29 is 9.90 Å². The Kier molecular flexibility index (Phi) is 5.30. The topological polar surface area (TPSA) is 65.5 Å². The molecule has 5 nitrogen and oxygen atoms in total. The summed E-state index contributed by atoms with van der Waals surface area (Å²) < 4.78 is 0. The Hall–Kier alpha value is -0.980. The van der Waals surface area contributed by atoms with Crippen molar-refractivity contribution in [3.8, 4) is 0 Å². The maximum Gasteiger partial charge on any atom is 0.337 e. The number of hydrogen-bond donors (Lipinski definition) is 2. The lowest BCUT2D eigenvalue weighted by Gasteiger charge is -2.26. The summed E-state index contributed by atoms with van der Waals surface area (Å²) in [6.45, 7) is 3.82. The predicted molar refractivity (Wildman–Crippen MR) is 78.5 cm³/mol. The van der Waals surface area contributed by atoms with Crippen molar-refractivity contribution >= 4 is 35.1 Å². The standard InChI is InChI=1S/C12H16ClN3O2S/c13-10-9(12(17)18)1-2-14-11(10)15-3-4-16-5-7-19-8-6-16/h1-2H,3-8H2,(H,14,15)(H,17,18). The average Bonchev–Trinajstić information content (AvgIpc) is 2.41. The number of anilines is 1. The van der Waals surface area contributed by atoms with Gasteiger partial charge in [-0.15, -0.1) is 0 Å². The fraction of sp³-hybridized carbons (Fsp3) is 0.500. The molecule has 2 rings (SSSR count). The Morgan fingerprint density at radius 1 is 1.53 bits per heavy atom. The minimum Gasteiger partial charge on any atom is -0.478 e. The number of thioether (sulfide) groups is 1. The second kappa shape index (κ2) is 6.98. The van der Waals surface area contributed by atoms with Crippen LogP contribution in [0.15, 0.2) is 12.3 Å². The summed E-state index contributed by atoms with van der Waals surface area (Å²) in [5.74, 6) is 1.75. The smallest absolute Gasteiger partial charge is 0.337 e. The molecule has 1 aromatic heterocycles. The molecule has 0 amide bonds. The first-order valence-corrected chi connectivity index (χ1v) is 7.63. The van der Waals surface area contributed by atoms with Crippen LogP contribution in [-0.4, -0.2) is 58.6 Å². The molecule has 1 aliphatic rings. The van der Waals surface area contributed by atoms with E-state index in [-0.39, 0.29) is 10.6 Å². The Bertz CT molecular complexity index is 453. The summed E-state index contributed by atoms with van der Waals surface area (Å²) in [5, 5.41) is 12.2. The third kappa shape index (κ3) is 3.99. The maximum absolute atomic E-state index is 10.9. The number of pyridine rings is 1. The van der Waals surface area contributed by atoms with Gasteiger partial charge in [0.15, 0.2) is 0 Å². The highest BCUT2D eigenvalue weighted by atomic mass is 35.5. The fourth-order valence-corrected chi connectivity index (χ4v) is 3.13. The summed E-state index contributed by atoms with van der Waals surface area (Å²) in [4.78, 5) is 17.4. The number of aromatic nitrogens is 1. The lowest BCUT2D eigenvalue weighted by atomic mass is 10.2. The highest BCUT2D eigenvalue weighted by Gasteiger charge is 2.14. The molecule has 0 unspecified atom stereocenters. The maximum atomic E-state index is 10.9. The van der Waals surface area contributed by atoms with Gasteiger partial charge in [0.2, 0.25) is 0 Å². The van der Waals surface area contributed by atoms with E-state index in [0.717, 1.165) is 19.6 Å². The van der Waals surface area contributed by atoms with Gasteiger partial charge in [-0.05, 0) is 6.07 Å². The van der Waals surface area contributed by atoms with Crippen molar-refractivity contribution in [2.24, 2.45) is 0 Å². The molecule has 1 aliphatic heterocycles. The molecule has 0 aromatic carbocycles. The third-order valence-electron chi connectivity index (χ3n) is 2.94. The molecule has 2 N–H and O–H groups in total. The van der Waals surface area contributed by atoms with Crippen molar-refractivity contribution in [1.29, 1.82) is 0 Å². The summed E-state index contributed by atoms with van der Waals surface area (Å²) in [5.41, 5.74) is 0.0774. The molecule has 0 radical (unpaired) electrons. The highest BCUT2D eigenvalue weighted by Crippen LogP contribution is 2.23. The van der Waals surface area contributed by atoms with E-state index in [1.165, 1.54) is 23.8 Å². The molecule has 0 spiro atoms. The number of hydrogen-bond acceptors (Lipinski definition) is 5. The van der Waals surface area contributed by atoms with E-state index >= 15 is 0 Å². The number of carboxylic acids is 1. The van der Waals surface area contributed by atoms with Crippen LogP contribution < -0.4 is 5.32 Å². The van der Waals surface area contributed by atoms with Crippen molar-refractivity contribution in [2.75, 3.05) is 43.0 Å². The number of rotatable bonds is 5. The molecule has 2 heterocycles. The van der Waals surface area contributed by atoms with E-state index in [0.29, 0.717) is 12.4 Å². The number of carbonyl (C=O) groups is 1. The molecule has 0 bridgehead atoms. The van der Waals surface area contributed by atoms with Gasteiger partial charge in [-0.2, -0.15) is 11.8 Å². The van der Waals surface area contributed by atoms with Crippen molar-refractivity contribution in [3.05, 3.63) is 22.8 Å². The molecule has 1 aromatic rings. The summed E-state index contributed by atoms with van der Waals surface area (Å²) in [6, 6.07) is 1.40. The minimum atomic E-state index is -1.04. The molecule has 0 aliphatic carbocycles. The van der Waals surface area contributed by atoms with Crippen molar-refractivity contribution in [3.63, 3.8) is 0 Å². The molecule has 1 fully saturated rings. The Balaban J connectivity index is 1.88. The molecular formula is C12H16ClN3O2S. The SMILES string of the molecule is O=C(O)c1ccnc(NCCN2CCSCC2)c1Cl. The molecule has 104 valence electrons. The van der Waals surface area contributed by atoms with Crippen LogP contribution in [0, 0.1) is 0 Å². The van der Waals surface area contributed by atoms with Crippen molar-refractivity contribution in [2.45, 2.75) is 0 Å². The van der Waals surface area contributed by atoms with Crippen molar-refractivity contribution in [1.82, 2.24) is 9.88 Å². The van der Waals surface area contributed by atoms with Crippen LogP contribution in [-0.2, 0) is 0 Å². The van der Waals surface area contributed by atoms with E-state index in [4.69, 9.17) is 16.7 Å². The second-order valence-electron chi connectivity index (χ2n) is 4.21. The molecule has 0 atom stereocenters. The Morgan fingerprint density at radius 2 is 2.26 bits per heavy atom. The van der Waals surface area contributed by atoms with Gasteiger partial charge in [0, 0.05) is 43.9 Å². The largest absolute Gasteiger partial charge is 0.478 e. The Morgan fingerprint density at radius 3 is 2.95 bits per heavy atom. The van der Waals surface area contributed by atoms with Crippen LogP contribution in [0.3, 0.4) is 0 Å². The van der Waals surface area contributed by atoms with E-state index in [2.05, 4.69) is 15.2 Å². The van der Waals surface area contributed by atoms with E-state index in [1.807, 2.05) is 11.8 Å². The van der Waals surface area contributed by atoms with Gasteiger partial charge in [-0.1, -0.05) is 11.6 Å². The van der Waals surface area contributed by atoms with E-state index in [1.54, 1.807) is 0 Å². The highest BCUT2D eigenvalue weighted by molar-refractivity contribution is 7.99. The van der Waals surface area contributed by atoms with Gasteiger partial charge in [-0.3, -0.25) is 4.90 Å². The predicted octanol–water partition coefficient (Wildman–Crippen LogP) is 1.89. The normalized spacial score (nSPS) is 16.3. The van der Waals surface area contributed by atoms with Crippen LogP contribution in [0.25, 0.3) is 0 Å². The van der Waals surface area contributed by atoms with Gasteiger partial charge < -0.3 is 10.4 Å².